The molecule has 0 unspecified atom stereocenters. The highest BCUT2D eigenvalue weighted by atomic mass is 16.2. The highest BCUT2D eigenvalue weighted by Gasteiger charge is 2.23. The Balaban J connectivity index is 1.69. The Hall–Kier alpha value is -2.04. The first-order valence-corrected chi connectivity index (χ1v) is 7.54. The van der Waals surface area contributed by atoms with Crippen LogP contribution < -0.4 is 15.1 Å². The summed E-state index contributed by atoms with van der Waals surface area (Å²) in [5.41, 5.74) is 2.14. The molecule has 2 saturated heterocycles. The summed E-state index contributed by atoms with van der Waals surface area (Å²) in [7, 11) is 0. The Morgan fingerprint density at radius 2 is 1.38 bits per heavy atom. The fourth-order valence-electron chi connectivity index (χ4n) is 2.96. The molecule has 112 valence electrons. The van der Waals surface area contributed by atoms with E-state index in [0.29, 0.717) is 0 Å². The van der Waals surface area contributed by atoms with E-state index in [0.717, 1.165) is 24.7 Å². The molecule has 0 saturated carbocycles. The number of benzene rings is 1. The van der Waals surface area contributed by atoms with E-state index in [9.17, 15) is 9.59 Å². The van der Waals surface area contributed by atoms with Crippen LogP contribution in [0.1, 0.15) is 19.8 Å². The van der Waals surface area contributed by atoms with Gasteiger partial charge in [-0.2, -0.15) is 0 Å². The van der Waals surface area contributed by atoms with Crippen molar-refractivity contribution in [2.24, 2.45) is 5.92 Å². The molecule has 2 aliphatic rings. The second-order valence-electron chi connectivity index (χ2n) is 6.01. The largest absolute Gasteiger partial charge is 0.372 e. The maximum absolute atomic E-state index is 11.4. The molecule has 5 heteroatoms. The first kappa shape index (κ1) is 13.9. The van der Waals surface area contributed by atoms with Crippen LogP contribution in [0.2, 0.25) is 0 Å². The van der Waals surface area contributed by atoms with Crippen molar-refractivity contribution in [3.63, 3.8) is 0 Å². The van der Waals surface area contributed by atoms with Crippen LogP contribution >= 0.6 is 0 Å². The van der Waals surface area contributed by atoms with Crippen molar-refractivity contribution in [2.45, 2.75) is 19.8 Å². The fourth-order valence-corrected chi connectivity index (χ4v) is 2.96. The highest BCUT2D eigenvalue weighted by molar-refractivity contribution is 6.02. The zero-order chi connectivity index (χ0) is 14.8. The van der Waals surface area contributed by atoms with Gasteiger partial charge in [0.15, 0.2) is 0 Å². The third-order valence-electron chi connectivity index (χ3n) is 4.31. The first-order valence-electron chi connectivity index (χ1n) is 7.54. The number of carbonyl (C=O) groups excluding carboxylic acids is 2. The van der Waals surface area contributed by atoms with Crippen LogP contribution in [0.15, 0.2) is 24.3 Å². The summed E-state index contributed by atoms with van der Waals surface area (Å²) in [5, 5.41) is 2.32. The number of piperazine rings is 1. The number of carbonyl (C=O) groups is 2. The number of amides is 2. The van der Waals surface area contributed by atoms with Crippen molar-refractivity contribution in [3.8, 4) is 0 Å². The van der Waals surface area contributed by atoms with Gasteiger partial charge in [-0.25, -0.2) is 0 Å². The Kier molecular flexibility index (Phi) is 3.82. The van der Waals surface area contributed by atoms with Gasteiger partial charge in [0.1, 0.15) is 0 Å². The van der Waals surface area contributed by atoms with E-state index in [1.54, 1.807) is 0 Å². The van der Waals surface area contributed by atoms with Crippen molar-refractivity contribution in [3.05, 3.63) is 24.3 Å². The maximum atomic E-state index is 11.4. The van der Waals surface area contributed by atoms with Crippen molar-refractivity contribution in [2.75, 3.05) is 36.0 Å². The third-order valence-corrected chi connectivity index (χ3v) is 4.31. The second kappa shape index (κ2) is 5.76. The van der Waals surface area contributed by atoms with Gasteiger partial charge in [-0.15, -0.1) is 0 Å². The van der Waals surface area contributed by atoms with Crippen molar-refractivity contribution in [1.29, 1.82) is 0 Å². The van der Waals surface area contributed by atoms with Gasteiger partial charge in [0.05, 0.1) is 13.1 Å². The molecule has 0 radical (unpaired) electrons. The topological polar surface area (TPSA) is 52.6 Å². The highest BCUT2D eigenvalue weighted by Crippen LogP contribution is 2.25. The molecule has 0 aliphatic carbocycles. The Morgan fingerprint density at radius 3 is 1.90 bits per heavy atom. The summed E-state index contributed by atoms with van der Waals surface area (Å²) in [4.78, 5) is 27.1. The molecule has 1 N–H and O–H groups in total. The smallest absolute Gasteiger partial charge is 0.246 e. The monoisotopic (exact) mass is 287 g/mol. The van der Waals surface area contributed by atoms with Crippen LogP contribution in [-0.2, 0) is 9.59 Å². The molecule has 1 aromatic carbocycles. The van der Waals surface area contributed by atoms with Crippen molar-refractivity contribution >= 4 is 23.2 Å². The van der Waals surface area contributed by atoms with Crippen LogP contribution in [-0.4, -0.2) is 38.0 Å². The van der Waals surface area contributed by atoms with E-state index in [-0.39, 0.29) is 24.9 Å². The molecule has 0 bridgehead atoms. The number of nitrogens with zero attached hydrogens (tertiary/aromatic N) is 2. The fraction of sp³-hybridized carbons (Fsp3) is 0.500. The molecule has 2 aliphatic heterocycles. The van der Waals surface area contributed by atoms with Crippen LogP contribution in [0.5, 0.6) is 0 Å². The molecule has 2 heterocycles. The minimum absolute atomic E-state index is 0.236. The van der Waals surface area contributed by atoms with Gasteiger partial charge >= 0.3 is 0 Å². The van der Waals surface area contributed by atoms with Crippen molar-refractivity contribution in [1.82, 2.24) is 5.32 Å². The summed E-state index contributed by atoms with van der Waals surface area (Å²) in [6.07, 6.45) is 2.48. The third kappa shape index (κ3) is 3.17. The molecule has 3 rings (SSSR count). The number of nitrogens with one attached hydrogen (secondary N) is 1. The molecule has 2 fully saturated rings. The van der Waals surface area contributed by atoms with Gasteiger partial charge in [0.25, 0.3) is 0 Å². The summed E-state index contributed by atoms with van der Waals surface area (Å²) in [5.74, 6) is 0.346. The lowest BCUT2D eigenvalue weighted by atomic mass is 9.99. The van der Waals surface area contributed by atoms with E-state index >= 15 is 0 Å². The quantitative estimate of drug-likeness (QED) is 0.835. The maximum Gasteiger partial charge on any atom is 0.246 e. The van der Waals surface area contributed by atoms with Crippen LogP contribution in [0.3, 0.4) is 0 Å². The average molecular weight is 287 g/mol. The van der Waals surface area contributed by atoms with E-state index < -0.39 is 0 Å². The van der Waals surface area contributed by atoms with Gasteiger partial charge < -0.3 is 9.80 Å². The van der Waals surface area contributed by atoms with Gasteiger partial charge in [-0.05, 0) is 43.0 Å². The SMILES string of the molecule is CC1CCN(c2ccc(N3CC(=O)NC(=O)C3)cc2)CC1. The molecule has 0 aromatic heterocycles. The van der Waals surface area contributed by atoms with Crippen LogP contribution in [0.4, 0.5) is 11.4 Å². The predicted octanol–water partition coefficient (Wildman–Crippen LogP) is 1.39. The molecule has 0 atom stereocenters. The van der Waals surface area contributed by atoms with Gasteiger partial charge in [0, 0.05) is 24.5 Å². The Labute approximate surface area is 124 Å². The lowest BCUT2D eigenvalue weighted by Crippen LogP contribution is -2.51. The van der Waals surface area contributed by atoms with Gasteiger partial charge in [-0.1, -0.05) is 6.92 Å². The molecule has 5 nitrogen and oxygen atoms in total. The minimum Gasteiger partial charge on any atom is -0.372 e. The number of hydrogen-bond donors (Lipinski definition) is 1. The zero-order valence-corrected chi connectivity index (χ0v) is 12.3. The first-order chi connectivity index (χ1) is 10.1. The normalized spacial score (nSPS) is 20.6. The zero-order valence-electron chi connectivity index (χ0n) is 12.3. The number of rotatable bonds is 2. The van der Waals surface area contributed by atoms with E-state index in [4.69, 9.17) is 0 Å². The summed E-state index contributed by atoms with van der Waals surface area (Å²) >= 11 is 0. The summed E-state index contributed by atoms with van der Waals surface area (Å²) in [6.45, 7) is 4.99. The summed E-state index contributed by atoms with van der Waals surface area (Å²) < 4.78 is 0. The van der Waals surface area contributed by atoms with Crippen LogP contribution in [0, 0.1) is 5.92 Å². The molecule has 21 heavy (non-hydrogen) atoms. The lowest BCUT2D eigenvalue weighted by molar-refractivity contribution is -0.130. The lowest BCUT2D eigenvalue weighted by Gasteiger charge is -2.33. The molecule has 2 amide bonds. The number of piperidine rings is 1. The summed E-state index contributed by atoms with van der Waals surface area (Å²) in [6, 6.07) is 8.17. The standard InChI is InChI=1S/C16H21N3O2/c1-12-6-8-18(9-7-12)13-2-4-14(5-3-13)19-10-15(20)17-16(21)11-19/h2-5,12H,6-11H2,1H3,(H,17,20,21). The Morgan fingerprint density at radius 1 is 0.905 bits per heavy atom. The van der Waals surface area contributed by atoms with Crippen molar-refractivity contribution < 1.29 is 9.59 Å². The van der Waals surface area contributed by atoms with Crippen LogP contribution in [0.25, 0.3) is 0 Å². The van der Waals surface area contributed by atoms with Gasteiger partial charge in [-0.3, -0.25) is 14.9 Å². The number of anilines is 2. The Bertz CT molecular complexity index is 517. The van der Waals surface area contributed by atoms with Gasteiger partial charge in [0.2, 0.25) is 11.8 Å². The number of imide groups is 1. The second-order valence-corrected chi connectivity index (χ2v) is 6.01. The predicted molar refractivity (Wildman–Crippen MR) is 82.4 cm³/mol. The number of hydrogen-bond acceptors (Lipinski definition) is 4. The molecular formula is C16H21N3O2. The minimum atomic E-state index is -0.236. The molecule has 0 spiro atoms. The molecular weight excluding hydrogens is 266 g/mol. The van der Waals surface area contributed by atoms with E-state index in [2.05, 4.69) is 29.3 Å². The average Bonchev–Trinajstić information content (AvgIpc) is 2.47. The molecule has 1 aromatic rings. The van der Waals surface area contributed by atoms with E-state index in [1.807, 2.05) is 17.0 Å². The van der Waals surface area contributed by atoms with E-state index in [1.165, 1.54) is 18.5 Å².